The van der Waals surface area contributed by atoms with Gasteiger partial charge in [-0.15, -0.1) is 0 Å². The Bertz CT molecular complexity index is 446. The van der Waals surface area contributed by atoms with Gasteiger partial charge in [0.25, 0.3) is 0 Å². The molecule has 0 unspecified atom stereocenters. The van der Waals surface area contributed by atoms with Gasteiger partial charge < -0.3 is 4.74 Å². The van der Waals surface area contributed by atoms with E-state index < -0.39 is 0 Å². The molecule has 72 valence electrons. The first-order chi connectivity index (χ1) is 6.81. The molecule has 0 spiro atoms. The normalized spacial score (nSPS) is 10.1. The third-order valence-corrected chi connectivity index (χ3v) is 2.56. The molecule has 0 fully saturated rings. The average molecular weight is 228 g/mol. The van der Waals surface area contributed by atoms with Crippen LogP contribution in [0.2, 0.25) is 5.15 Å². The average Bonchev–Trinajstić information content (AvgIpc) is 2.65. The number of aromatic nitrogens is 3. The van der Waals surface area contributed by atoms with Crippen molar-refractivity contribution < 1.29 is 4.74 Å². The van der Waals surface area contributed by atoms with Gasteiger partial charge in [-0.05, 0) is 6.07 Å². The smallest absolute Gasteiger partial charge is 0.213 e. The molecule has 0 N–H and O–H groups in total. The van der Waals surface area contributed by atoms with Crippen molar-refractivity contribution in [3.05, 3.63) is 23.5 Å². The molecule has 0 atom stereocenters. The van der Waals surface area contributed by atoms with E-state index in [9.17, 15) is 0 Å². The predicted molar refractivity (Wildman–Crippen MR) is 54.7 cm³/mol. The predicted octanol–water partition coefficient (Wildman–Crippen LogP) is 2.26. The molecule has 0 aromatic carbocycles. The summed E-state index contributed by atoms with van der Waals surface area (Å²) in [5, 5.41) is 0.406. The van der Waals surface area contributed by atoms with Crippen LogP contribution in [0.25, 0.3) is 11.3 Å². The lowest BCUT2D eigenvalue weighted by atomic mass is 10.2. The number of hydrogen-bond donors (Lipinski definition) is 0. The Hall–Kier alpha value is -1.20. The minimum atomic E-state index is 0.406. The van der Waals surface area contributed by atoms with Crippen LogP contribution in [-0.2, 0) is 0 Å². The fourth-order valence-electron chi connectivity index (χ4n) is 1.02. The van der Waals surface area contributed by atoms with Gasteiger partial charge in [0.05, 0.1) is 18.8 Å². The molecule has 2 heterocycles. The number of nitrogens with zero attached hydrogens (tertiary/aromatic N) is 3. The molecule has 2 rings (SSSR count). The summed E-state index contributed by atoms with van der Waals surface area (Å²) in [6, 6.07) is 3.58. The van der Waals surface area contributed by atoms with E-state index in [1.54, 1.807) is 19.4 Å². The third kappa shape index (κ3) is 1.69. The summed E-state index contributed by atoms with van der Waals surface area (Å²) in [6.45, 7) is 0. The third-order valence-electron chi connectivity index (χ3n) is 1.67. The van der Waals surface area contributed by atoms with Crippen molar-refractivity contribution in [2.75, 3.05) is 7.11 Å². The molecule has 2 aromatic heterocycles. The fraction of sp³-hybridized carbons (Fsp3) is 0.125. The zero-order chi connectivity index (χ0) is 9.97. The molecule has 0 saturated carbocycles. The number of hydrogen-bond acceptors (Lipinski definition) is 5. The Morgan fingerprint density at radius 3 is 2.93 bits per heavy atom. The fourth-order valence-corrected chi connectivity index (χ4v) is 1.78. The molecule has 0 aliphatic rings. The van der Waals surface area contributed by atoms with Crippen LogP contribution in [0.3, 0.4) is 0 Å². The van der Waals surface area contributed by atoms with Crippen molar-refractivity contribution in [1.82, 2.24) is 13.7 Å². The maximum Gasteiger partial charge on any atom is 0.213 e. The molecule has 0 amide bonds. The number of halogens is 1. The van der Waals surface area contributed by atoms with E-state index in [0.717, 1.165) is 17.3 Å². The molecule has 0 radical (unpaired) electrons. The molecule has 14 heavy (non-hydrogen) atoms. The molecule has 4 nitrogen and oxygen atoms in total. The number of ether oxygens (including phenoxy) is 1. The van der Waals surface area contributed by atoms with E-state index in [4.69, 9.17) is 16.3 Å². The molecule has 2 aromatic rings. The monoisotopic (exact) mass is 227 g/mol. The van der Waals surface area contributed by atoms with E-state index in [-0.39, 0.29) is 0 Å². The van der Waals surface area contributed by atoms with Crippen molar-refractivity contribution in [3.63, 3.8) is 0 Å². The summed E-state index contributed by atoms with van der Waals surface area (Å²) in [6.07, 6.45) is 1.64. The minimum Gasteiger partial charge on any atom is -0.481 e. The van der Waals surface area contributed by atoms with E-state index in [1.807, 2.05) is 6.07 Å². The quantitative estimate of drug-likeness (QED) is 0.790. The van der Waals surface area contributed by atoms with Crippen molar-refractivity contribution in [1.29, 1.82) is 0 Å². The van der Waals surface area contributed by atoms with Crippen molar-refractivity contribution >= 4 is 23.3 Å². The lowest BCUT2D eigenvalue weighted by Gasteiger charge is -2.00. The molecule has 0 aliphatic heterocycles. The summed E-state index contributed by atoms with van der Waals surface area (Å²) >= 11 is 6.93. The summed E-state index contributed by atoms with van der Waals surface area (Å²) in [5.41, 5.74) is 1.52. The van der Waals surface area contributed by atoms with Crippen molar-refractivity contribution in [2.45, 2.75) is 0 Å². The number of rotatable bonds is 2. The highest BCUT2D eigenvalue weighted by atomic mass is 35.5. The van der Waals surface area contributed by atoms with Gasteiger partial charge in [0.1, 0.15) is 5.69 Å². The van der Waals surface area contributed by atoms with Crippen molar-refractivity contribution in [3.8, 4) is 17.1 Å². The first-order valence-electron chi connectivity index (χ1n) is 3.79. The second-order valence-corrected chi connectivity index (χ2v) is 3.38. The van der Waals surface area contributed by atoms with Crippen LogP contribution in [0.15, 0.2) is 18.3 Å². The van der Waals surface area contributed by atoms with Gasteiger partial charge in [-0.2, -0.15) is 8.75 Å². The Labute approximate surface area is 89.9 Å². The Morgan fingerprint density at radius 2 is 2.29 bits per heavy atom. The van der Waals surface area contributed by atoms with Crippen LogP contribution in [-0.4, -0.2) is 20.8 Å². The summed E-state index contributed by atoms with van der Waals surface area (Å²) in [7, 11) is 1.56. The lowest BCUT2D eigenvalue weighted by Crippen LogP contribution is -1.87. The van der Waals surface area contributed by atoms with Crippen LogP contribution >= 0.6 is 23.3 Å². The molecule has 6 heteroatoms. The van der Waals surface area contributed by atoms with Crippen molar-refractivity contribution in [2.24, 2.45) is 0 Å². The topological polar surface area (TPSA) is 47.9 Å². The summed E-state index contributed by atoms with van der Waals surface area (Å²) < 4.78 is 13.0. The van der Waals surface area contributed by atoms with E-state index in [0.29, 0.717) is 16.7 Å². The highest BCUT2D eigenvalue weighted by Gasteiger charge is 2.08. The molecule has 0 aliphatic carbocycles. The molecular weight excluding hydrogens is 222 g/mol. The number of pyridine rings is 1. The molecule has 0 bridgehead atoms. The Kier molecular flexibility index (Phi) is 2.60. The lowest BCUT2D eigenvalue weighted by molar-refractivity contribution is 0.398. The van der Waals surface area contributed by atoms with Crippen LogP contribution in [0.4, 0.5) is 0 Å². The van der Waals surface area contributed by atoms with Gasteiger partial charge in [-0.1, -0.05) is 11.6 Å². The molecule has 0 saturated heterocycles. The van der Waals surface area contributed by atoms with Gasteiger partial charge in [0, 0.05) is 17.8 Å². The first kappa shape index (κ1) is 9.36. The number of methoxy groups -OCH3 is 1. The van der Waals surface area contributed by atoms with Gasteiger partial charge in [0.15, 0.2) is 5.15 Å². The standard InChI is InChI=1S/C8H6ClN3OS/c1-13-6-4-5(2-3-10-6)7-8(9)12-14-11-7/h2-4H,1H3. The SMILES string of the molecule is COc1cc(-c2nsnc2Cl)ccn1. The Morgan fingerprint density at radius 1 is 1.43 bits per heavy atom. The van der Waals surface area contributed by atoms with Crippen LogP contribution in [0.5, 0.6) is 5.88 Å². The summed E-state index contributed by atoms with van der Waals surface area (Å²) in [5.74, 6) is 0.534. The first-order valence-corrected chi connectivity index (χ1v) is 4.90. The summed E-state index contributed by atoms with van der Waals surface area (Å²) in [4.78, 5) is 3.99. The van der Waals surface area contributed by atoms with E-state index in [1.165, 1.54) is 0 Å². The van der Waals surface area contributed by atoms with Gasteiger partial charge in [-0.25, -0.2) is 4.98 Å². The maximum absolute atomic E-state index is 5.85. The van der Waals surface area contributed by atoms with Crippen LogP contribution < -0.4 is 4.74 Å². The second-order valence-electron chi connectivity index (χ2n) is 2.49. The molecular formula is C8H6ClN3OS. The van der Waals surface area contributed by atoms with E-state index in [2.05, 4.69) is 13.7 Å². The zero-order valence-electron chi connectivity index (χ0n) is 7.27. The van der Waals surface area contributed by atoms with Gasteiger partial charge in [-0.3, -0.25) is 0 Å². The second kappa shape index (κ2) is 3.89. The van der Waals surface area contributed by atoms with Crippen LogP contribution in [0.1, 0.15) is 0 Å². The van der Waals surface area contributed by atoms with E-state index >= 15 is 0 Å². The highest BCUT2D eigenvalue weighted by Crippen LogP contribution is 2.26. The largest absolute Gasteiger partial charge is 0.481 e. The van der Waals surface area contributed by atoms with Gasteiger partial charge in [0.2, 0.25) is 5.88 Å². The minimum absolute atomic E-state index is 0.406. The highest BCUT2D eigenvalue weighted by molar-refractivity contribution is 6.99. The van der Waals surface area contributed by atoms with Gasteiger partial charge >= 0.3 is 0 Å². The van der Waals surface area contributed by atoms with Crippen LogP contribution in [0, 0.1) is 0 Å². The zero-order valence-corrected chi connectivity index (χ0v) is 8.84. The maximum atomic E-state index is 5.85. The Balaban J connectivity index is 2.47.